The molecule has 0 bridgehead atoms. The molecule has 3 N–H and O–H groups in total. The van der Waals surface area contributed by atoms with Gasteiger partial charge in [-0.3, -0.25) is 4.72 Å². The summed E-state index contributed by atoms with van der Waals surface area (Å²) in [5.41, 5.74) is 6.36. The standard InChI is InChI=1S/C8H9N5O2S3/c9-6-11-12-8(17-6)18(14,15)13-7-10-4-2-1-3-5(4)16-7/h1-3H2,(H2,9,11)(H,10,13). The lowest BCUT2D eigenvalue weighted by molar-refractivity contribution is 0.599. The van der Waals surface area contributed by atoms with Crippen molar-refractivity contribution in [2.24, 2.45) is 0 Å². The third kappa shape index (κ3) is 2.06. The van der Waals surface area contributed by atoms with Crippen molar-refractivity contribution >= 4 is 43.0 Å². The van der Waals surface area contributed by atoms with Crippen LogP contribution in [0.2, 0.25) is 0 Å². The van der Waals surface area contributed by atoms with Gasteiger partial charge in [0.05, 0.1) is 5.69 Å². The second-order valence-electron chi connectivity index (χ2n) is 3.75. The van der Waals surface area contributed by atoms with Gasteiger partial charge in [-0.05, 0) is 19.3 Å². The molecule has 0 unspecified atom stereocenters. The van der Waals surface area contributed by atoms with E-state index in [1.165, 1.54) is 11.3 Å². The van der Waals surface area contributed by atoms with Crippen LogP contribution < -0.4 is 10.5 Å². The van der Waals surface area contributed by atoms with Gasteiger partial charge in [0.25, 0.3) is 14.4 Å². The highest BCUT2D eigenvalue weighted by Crippen LogP contribution is 2.31. The lowest BCUT2D eigenvalue weighted by atomic mass is 10.4. The lowest BCUT2D eigenvalue weighted by Crippen LogP contribution is -2.12. The van der Waals surface area contributed by atoms with E-state index in [4.69, 9.17) is 5.73 Å². The number of nitrogens with zero attached hydrogens (tertiary/aromatic N) is 3. The second kappa shape index (κ2) is 4.14. The molecule has 0 radical (unpaired) electrons. The number of nitrogen functional groups attached to an aromatic ring is 1. The van der Waals surface area contributed by atoms with Gasteiger partial charge in [0.15, 0.2) is 5.13 Å². The predicted octanol–water partition coefficient (Wildman–Crippen LogP) is 0.866. The number of aromatic nitrogens is 3. The summed E-state index contributed by atoms with van der Waals surface area (Å²) >= 11 is 2.20. The molecule has 3 rings (SSSR count). The van der Waals surface area contributed by atoms with Crippen molar-refractivity contribution < 1.29 is 8.42 Å². The Labute approximate surface area is 111 Å². The zero-order valence-electron chi connectivity index (χ0n) is 9.08. The van der Waals surface area contributed by atoms with E-state index in [1.54, 1.807) is 0 Å². The maximum atomic E-state index is 11.9. The quantitative estimate of drug-likeness (QED) is 0.870. The number of anilines is 2. The third-order valence-electron chi connectivity index (χ3n) is 2.47. The van der Waals surface area contributed by atoms with Gasteiger partial charge >= 0.3 is 0 Å². The highest BCUT2D eigenvalue weighted by atomic mass is 32.2. The van der Waals surface area contributed by atoms with Crippen LogP contribution in [0.25, 0.3) is 0 Å². The Bertz CT molecular complexity index is 668. The van der Waals surface area contributed by atoms with Crippen molar-refractivity contribution in [3.05, 3.63) is 10.6 Å². The average Bonchev–Trinajstić information content (AvgIpc) is 2.92. The minimum Gasteiger partial charge on any atom is -0.374 e. The summed E-state index contributed by atoms with van der Waals surface area (Å²) in [6.07, 6.45) is 2.98. The molecule has 0 saturated carbocycles. The number of aryl methyl sites for hydroxylation is 2. The van der Waals surface area contributed by atoms with Gasteiger partial charge in [0.2, 0.25) is 5.13 Å². The van der Waals surface area contributed by atoms with Gasteiger partial charge in [0.1, 0.15) is 0 Å². The molecule has 0 aromatic carbocycles. The van der Waals surface area contributed by atoms with Gasteiger partial charge in [-0.15, -0.1) is 21.5 Å². The number of hydrogen-bond donors (Lipinski definition) is 2. The molecule has 0 fully saturated rings. The minimum atomic E-state index is -3.72. The highest BCUT2D eigenvalue weighted by molar-refractivity contribution is 7.94. The van der Waals surface area contributed by atoms with Crippen LogP contribution in [0.1, 0.15) is 17.0 Å². The summed E-state index contributed by atoms with van der Waals surface area (Å²) in [4.78, 5) is 5.42. The fraction of sp³-hybridized carbons (Fsp3) is 0.375. The van der Waals surface area contributed by atoms with Gasteiger partial charge in [-0.25, -0.2) is 4.98 Å². The van der Waals surface area contributed by atoms with Gasteiger partial charge in [0, 0.05) is 4.88 Å². The molecule has 96 valence electrons. The average molecular weight is 303 g/mol. The summed E-state index contributed by atoms with van der Waals surface area (Å²) in [6.45, 7) is 0. The molecule has 18 heavy (non-hydrogen) atoms. The Balaban J connectivity index is 1.87. The molecule has 2 heterocycles. The fourth-order valence-corrected chi connectivity index (χ4v) is 4.79. The third-order valence-corrected chi connectivity index (χ3v) is 6.13. The molecule has 1 aliphatic carbocycles. The molecule has 0 spiro atoms. The zero-order chi connectivity index (χ0) is 12.8. The lowest BCUT2D eigenvalue weighted by Gasteiger charge is -2.00. The maximum absolute atomic E-state index is 11.9. The van der Waals surface area contributed by atoms with Crippen LogP contribution in [0.15, 0.2) is 4.34 Å². The van der Waals surface area contributed by atoms with E-state index in [-0.39, 0.29) is 9.47 Å². The Hall–Kier alpha value is -1.26. The molecule has 2 aromatic heterocycles. The van der Waals surface area contributed by atoms with Crippen molar-refractivity contribution in [1.82, 2.24) is 15.2 Å². The minimum absolute atomic E-state index is 0.122. The van der Waals surface area contributed by atoms with E-state index in [1.807, 2.05) is 0 Å². The SMILES string of the molecule is Nc1nnc(S(=O)(=O)Nc2nc3c(s2)CCC3)s1. The first-order chi connectivity index (χ1) is 8.54. The maximum Gasteiger partial charge on any atom is 0.293 e. The molecule has 1 aliphatic rings. The van der Waals surface area contributed by atoms with E-state index in [2.05, 4.69) is 19.9 Å². The van der Waals surface area contributed by atoms with Crippen molar-refractivity contribution in [2.75, 3.05) is 10.5 Å². The monoisotopic (exact) mass is 303 g/mol. The normalized spacial score (nSPS) is 14.7. The molecule has 0 aliphatic heterocycles. The number of thiazole rings is 1. The summed E-state index contributed by atoms with van der Waals surface area (Å²) in [5, 5.41) is 7.51. The Morgan fingerprint density at radius 3 is 2.72 bits per heavy atom. The number of nitrogens with two attached hydrogens (primary N) is 1. The molecular weight excluding hydrogens is 294 g/mol. The van der Waals surface area contributed by atoms with E-state index >= 15 is 0 Å². The first kappa shape index (κ1) is 11.8. The van der Waals surface area contributed by atoms with Crippen LogP contribution in [0, 0.1) is 0 Å². The van der Waals surface area contributed by atoms with Crippen LogP contribution >= 0.6 is 22.7 Å². The molecule has 0 amide bonds. The van der Waals surface area contributed by atoms with E-state index in [9.17, 15) is 8.42 Å². The van der Waals surface area contributed by atoms with Gasteiger partial charge in [-0.1, -0.05) is 11.3 Å². The molecular formula is C8H9N5O2S3. The predicted molar refractivity (Wildman–Crippen MR) is 69.3 cm³/mol. The van der Waals surface area contributed by atoms with Crippen LogP contribution in [0.5, 0.6) is 0 Å². The van der Waals surface area contributed by atoms with Gasteiger partial charge < -0.3 is 5.73 Å². The number of sulfonamides is 1. The van der Waals surface area contributed by atoms with Crippen molar-refractivity contribution in [1.29, 1.82) is 0 Å². The van der Waals surface area contributed by atoms with Crippen LogP contribution in [0.3, 0.4) is 0 Å². The van der Waals surface area contributed by atoms with Gasteiger partial charge in [-0.2, -0.15) is 8.42 Å². The highest BCUT2D eigenvalue weighted by Gasteiger charge is 2.23. The zero-order valence-corrected chi connectivity index (χ0v) is 11.5. The summed E-state index contributed by atoms with van der Waals surface area (Å²) in [5.74, 6) is 0. The first-order valence-corrected chi connectivity index (χ1v) is 8.26. The fourth-order valence-electron chi connectivity index (χ4n) is 1.72. The smallest absolute Gasteiger partial charge is 0.293 e. The second-order valence-corrected chi connectivity index (χ2v) is 7.70. The van der Waals surface area contributed by atoms with Crippen LogP contribution in [-0.4, -0.2) is 23.6 Å². The summed E-state index contributed by atoms with van der Waals surface area (Å²) in [6, 6.07) is 0. The molecule has 0 saturated heterocycles. The van der Waals surface area contributed by atoms with Crippen molar-refractivity contribution in [3.8, 4) is 0 Å². The summed E-state index contributed by atoms with van der Waals surface area (Å²) in [7, 11) is -3.72. The Morgan fingerprint density at radius 2 is 2.06 bits per heavy atom. The van der Waals surface area contributed by atoms with E-state index < -0.39 is 10.0 Å². The Morgan fingerprint density at radius 1 is 1.22 bits per heavy atom. The number of hydrogen-bond acceptors (Lipinski definition) is 8. The van der Waals surface area contributed by atoms with Crippen molar-refractivity contribution in [3.63, 3.8) is 0 Å². The van der Waals surface area contributed by atoms with Crippen LogP contribution in [0.4, 0.5) is 10.3 Å². The Kier molecular flexibility index (Phi) is 2.72. The van der Waals surface area contributed by atoms with Crippen LogP contribution in [-0.2, 0) is 22.9 Å². The van der Waals surface area contributed by atoms with Crippen molar-refractivity contribution in [2.45, 2.75) is 23.6 Å². The van der Waals surface area contributed by atoms with E-state index in [0.29, 0.717) is 5.13 Å². The number of rotatable bonds is 3. The molecule has 10 heteroatoms. The molecule has 7 nitrogen and oxygen atoms in total. The summed E-state index contributed by atoms with van der Waals surface area (Å²) < 4.78 is 26.2. The molecule has 0 atom stereocenters. The number of fused-ring (bicyclic) bond motifs is 1. The largest absolute Gasteiger partial charge is 0.374 e. The first-order valence-electron chi connectivity index (χ1n) is 5.15. The van der Waals surface area contributed by atoms with E-state index in [0.717, 1.165) is 41.2 Å². The number of nitrogens with one attached hydrogen (secondary N) is 1. The topological polar surface area (TPSA) is 111 Å². The molecule has 2 aromatic rings.